The first-order valence-corrected chi connectivity index (χ1v) is 16.6. The Balaban J connectivity index is 1.59. The molecule has 8 nitrogen and oxygen atoms in total. The molecule has 4 aromatic rings. The van der Waals surface area contributed by atoms with E-state index in [1.54, 1.807) is 0 Å². The summed E-state index contributed by atoms with van der Waals surface area (Å²) in [6, 6.07) is 11.6. The van der Waals surface area contributed by atoms with Gasteiger partial charge in [-0.1, -0.05) is 62.7 Å². The highest BCUT2D eigenvalue weighted by molar-refractivity contribution is 7.89. The largest absolute Gasteiger partial charge is 0.368 e. The molecule has 2 N–H and O–H groups in total. The first kappa shape index (κ1) is 35.2. The van der Waals surface area contributed by atoms with Crippen molar-refractivity contribution in [2.45, 2.75) is 62.9 Å². The van der Waals surface area contributed by atoms with Crippen LogP contribution in [0.4, 0.5) is 33.6 Å². The summed E-state index contributed by atoms with van der Waals surface area (Å²) in [7, 11) is -5.55. The topological polar surface area (TPSA) is 109 Å². The lowest BCUT2D eigenvalue weighted by molar-refractivity contribution is -0.119. The summed E-state index contributed by atoms with van der Waals surface area (Å²) >= 11 is 5.95. The normalized spacial score (nSPS) is 13.6. The van der Waals surface area contributed by atoms with Gasteiger partial charge >= 0.3 is 0 Å². The number of carbonyl (C=O) groups is 1. The fourth-order valence-electron chi connectivity index (χ4n) is 5.07. The second-order valence-corrected chi connectivity index (χ2v) is 14.9. The van der Waals surface area contributed by atoms with Gasteiger partial charge in [-0.3, -0.25) is 4.79 Å². The molecule has 1 aromatic heterocycles. The molecule has 0 aliphatic heterocycles. The number of hydrogen-bond acceptors (Lipinski definition) is 6. The van der Waals surface area contributed by atoms with E-state index in [1.807, 2.05) is 32.9 Å². The van der Waals surface area contributed by atoms with Crippen LogP contribution >= 0.6 is 11.6 Å². The van der Waals surface area contributed by atoms with Gasteiger partial charge in [0.15, 0.2) is 28.2 Å². The first-order chi connectivity index (χ1) is 22.5. The number of rotatable bonds is 10. The molecule has 0 bridgehead atoms. The van der Waals surface area contributed by atoms with E-state index in [2.05, 4.69) is 16.0 Å². The van der Waals surface area contributed by atoms with E-state index in [1.165, 1.54) is 41.6 Å². The Morgan fingerprint density at radius 2 is 1.44 bits per heavy atom. The maximum Gasteiger partial charge on any atom is 0.249 e. The molecular weight excluding hydrogens is 677 g/mol. The molecule has 0 unspecified atom stereocenters. The molecule has 15 heteroatoms. The molecule has 1 saturated carbocycles. The molecule has 3 aromatic carbocycles. The molecule has 1 heterocycles. The number of aromatic nitrogens is 2. The molecule has 1 aliphatic rings. The van der Waals surface area contributed by atoms with Crippen LogP contribution < -0.4 is 10.6 Å². The van der Waals surface area contributed by atoms with Gasteiger partial charge in [0.25, 0.3) is 0 Å². The molecule has 1 aliphatic carbocycles. The van der Waals surface area contributed by atoms with Crippen LogP contribution in [-0.4, -0.2) is 35.1 Å². The maximum atomic E-state index is 14.9. The van der Waals surface area contributed by atoms with Crippen LogP contribution in [-0.2, 0) is 33.3 Å². The lowest BCUT2D eigenvalue weighted by atomic mass is 9.84. The van der Waals surface area contributed by atoms with Crippen molar-refractivity contribution in [2.24, 2.45) is 0 Å². The van der Waals surface area contributed by atoms with Crippen LogP contribution in [0, 0.1) is 29.1 Å². The number of hydrogen-bond donors (Lipinski definition) is 1. The fourth-order valence-corrected chi connectivity index (χ4v) is 6.68. The Bertz CT molecular complexity index is 1940. The van der Waals surface area contributed by atoms with Crippen LogP contribution in [0.5, 0.6) is 0 Å². The third kappa shape index (κ3) is 7.45. The molecular formula is C33H31ClF5N5O3S. The number of anilines is 2. The summed E-state index contributed by atoms with van der Waals surface area (Å²) < 4.78 is 100. The molecule has 48 heavy (non-hydrogen) atoms. The number of nitrogens with two attached hydrogens (primary N) is 1. The van der Waals surface area contributed by atoms with Crippen molar-refractivity contribution in [3.05, 3.63) is 111 Å². The quantitative estimate of drug-likeness (QED) is 0.108. The van der Waals surface area contributed by atoms with Crippen molar-refractivity contribution in [2.75, 3.05) is 17.2 Å². The second kappa shape index (κ2) is 13.4. The summed E-state index contributed by atoms with van der Waals surface area (Å²) in [4.78, 5) is 21.1. The van der Waals surface area contributed by atoms with Gasteiger partial charge in [-0.15, -0.1) is 0 Å². The average Bonchev–Trinajstić information content (AvgIpc) is 3.88. The zero-order chi connectivity index (χ0) is 35.1. The number of nitrogens with zero attached hydrogens (tertiary/aromatic N) is 4. The van der Waals surface area contributed by atoms with Crippen LogP contribution in [0.25, 0.3) is 0 Å². The SMILES string of the molecule is CC(C)(C)c1cc(CN(C(=O)CN(Cc2ccc(Cl)cc2)S(=O)(=O)c2c(F)c(F)c(F)c(F)c2F)c2cnc(N)nc2)cc(C2CC2)c1. The number of benzene rings is 3. The maximum absolute atomic E-state index is 14.9. The summed E-state index contributed by atoms with van der Waals surface area (Å²) in [5, 5.41) is 0.279. The third-order valence-electron chi connectivity index (χ3n) is 7.89. The van der Waals surface area contributed by atoms with Crippen molar-refractivity contribution >= 4 is 39.2 Å². The Kier molecular flexibility index (Phi) is 9.82. The van der Waals surface area contributed by atoms with Crippen molar-refractivity contribution in [3.63, 3.8) is 0 Å². The predicted octanol–water partition coefficient (Wildman–Crippen LogP) is 7.01. The van der Waals surface area contributed by atoms with E-state index in [-0.39, 0.29) is 34.2 Å². The highest BCUT2D eigenvalue weighted by atomic mass is 35.5. The van der Waals surface area contributed by atoms with Crippen LogP contribution in [0.15, 0.2) is 59.8 Å². The number of sulfonamides is 1. The Labute approximate surface area is 279 Å². The van der Waals surface area contributed by atoms with E-state index in [9.17, 15) is 35.2 Å². The summed E-state index contributed by atoms with van der Waals surface area (Å²) in [6.45, 7) is 4.24. The number of carbonyl (C=O) groups excluding carboxylic acids is 1. The van der Waals surface area contributed by atoms with E-state index in [4.69, 9.17) is 17.3 Å². The highest BCUT2D eigenvalue weighted by Gasteiger charge is 2.39. The second-order valence-electron chi connectivity index (χ2n) is 12.6. The molecule has 0 radical (unpaired) electrons. The van der Waals surface area contributed by atoms with Gasteiger partial charge in [0, 0.05) is 11.6 Å². The van der Waals surface area contributed by atoms with Crippen molar-refractivity contribution in [1.29, 1.82) is 0 Å². The molecule has 254 valence electrons. The van der Waals surface area contributed by atoms with Crippen molar-refractivity contribution < 1.29 is 35.2 Å². The Hall–Kier alpha value is -4.14. The van der Waals surface area contributed by atoms with E-state index < -0.39 is 63.0 Å². The van der Waals surface area contributed by atoms with E-state index in [0.717, 1.165) is 24.0 Å². The highest BCUT2D eigenvalue weighted by Crippen LogP contribution is 2.42. The van der Waals surface area contributed by atoms with Crippen molar-refractivity contribution in [3.8, 4) is 0 Å². The molecule has 5 rings (SSSR count). The van der Waals surface area contributed by atoms with Gasteiger partial charge in [-0.2, -0.15) is 4.31 Å². The summed E-state index contributed by atoms with van der Waals surface area (Å²) in [5.41, 5.74) is 8.50. The fraction of sp³-hybridized carbons (Fsp3) is 0.303. The van der Waals surface area contributed by atoms with Crippen LogP contribution in [0.3, 0.4) is 0 Å². The number of halogens is 6. The van der Waals surface area contributed by atoms with Gasteiger partial charge < -0.3 is 10.6 Å². The standard InChI is InChI=1S/C33H31ClF5N5O3S/c1-33(2,3)22-11-19(10-21(12-22)20-6-7-20)16-44(24-13-41-32(40)42-14-24)25(45)17-43(15-18-4-8-23(34)9-5-18)48(46,47)31-29(38)27(36)26(35)28(37)30(31)39/h4-5,8-14,20H,6-7,15-17H2,1-3H3,(H2,40,41,42). The zero-order valence-electron chi connectivity index (χ0n) is 26.1. The van der Waals surface area contributed by atoms with Crippen molar-refractivity contribution in [1.82, 2.24) is 14.3 Å². The Morgan fingerprint density at radius 1 is 0.875 bits per heavy atom. The minimum atomic E-state index is -5.55. The minimum Gasteiger partial charge on any atom is -0.368 e. The zero-order valence-corrected chi connectivity index (χ0v) is 27.6. The molecule has 1 fully saturated rings. The van der Waals surface area contributed by atoms with Crippen LogP contribution in [0.2, 0.25) is 5.02 Å². The monoisotopic (exact) mass is 707 g/mol. The molecule has 1 amide bonds. The van der Waals surface area contributed by atoms with Gasteiger partial charge in [0.05, 0.1) is 31.2 Å². The molecule has 0 saturated heterocycles. The van der Waals surface area contributed by atoms with E-state index in [0.29, 0.717) is 15.8 Å². The first-order valence-electron chi connectivity index (χ1n) is 14.8. The van der Waals surface area contributed by atoms with Gasteiger partial charge in [0.2, 0.25) is 27.7 Å². The summed E-state index contributed by atoms with van der Waals surface area (Å²) in [6.07, 6.45) is 4.52. The molecule has 0 spiro atoms. The smallest absolute Gasteiger partial charge is 0.249 e. The van der Waals surface area contributed by atoms with Gasteiger partial charge in [0.1, 0.15) is 0 Å². The van der Waals surface area contributed by atoms with Crippen LogP contribution in [0.1, 0.15) is 61.8 Å². The van der Waals surface area contributed by atoms with Gasteiger partial charge in [-0.05, 0) is 58.6 Å². The average molecular weight is 708 g/mol. The Morgan fingerprint density at radius 3 is 1.98 bits per heavy atom. The van der Waals surface area contributed by atoms with E-state index >= 15 is 0 Å². The number of nitrogen functional groups attached to an aromatic ring is 1. The summed E-state index contributed by atoms with van der Waals surface area (Å²) in [5.74, 6) is -13.2. The lowest BCUT2D eigenvalue weighted by Gasteiger charge is -2.28. The third-order valence-corrected chi connectivity index (χ3v) is 9.96. The lowest BCUT2D eigenvalue weighted by Crippen LogP contribution is -2.43. The molecule has 0 atom stereocenters. The van der Waals surface area contributed by atoms with Gasteiger partial charge in [-0.25, -0.2) is 40.3 Å². The predicted molar refractivity (Wildman–Crippen MR) is 170 cm³/mol. The number of amides is 1. The minimum absolute atomic E-state index is 0.102.